The van der Waals surface area contributed by atoms with Gasteiger partial charge in [-0.3, -0.25) is 0 Å². The summed E-state index contributed by atoms with van der Waals surface area (Å²) >= 11 is 0. The molecular formula is C30H50O4. The quantitative estimate of drug-likeness (QED) is 0.130. The molecular weight excluding hydrogens is 424 g/mol. The van der Waals surface area contributed by atoms with Gasteiger partial charge in [0, 0.05) is 5.41 Å². The zero-order chi connectivity index (χ0) is 25.6. The summed E-state index contributed by atoms with van der Waals surface area (Å²) in [5, 5.41) is 10.3. The molecule has 0 heterocycles. The summed E-state index contributed by atoms with van der Waals surface area (Å²) < 4.78 is 10.8. The lowest BCUT2D eigenvalue weighted by molar-refractivity contribution is -0.159. The van der Waals surface area contributed by atoms with Gasteiger partial charge in [-0.25, -0.2) is 4.79 Å². The number of aliphatic hydroxyl groups is 1. The highest BCUT2D eigenvalue weighted by atomic mass is 16.6. The van der Waals surface area contributed by atoms with E-state index in [4.69, 9.17) is 9.47 Å². The van der Waals surface area contributed by atoms with E-state index in [0.717, 1.165) is 32.1 Å². The minimum atomic E-state index is -0.490. The van der Waals surface area contributed by atoms with Crippen LogP contribution in [0.25, 0.3) is 0 Å². The van der Waals surface area contributed by atoms with Gasteiger partial charge in [0.25, 0.3) is 0 Å². The minimum absolute atomic E-state index is 0.0116. The van der Waals surface area contributed by atoms with Gasteiger partial charge in [0.15, 0.2) is 0 Å². The van der Waals surface area contributed by atoms with Crippen molar-refractivity contribution in [3.05, 3.63) is 47.6 Å². The van der Waals surface area contributed by atoms with E-state index in [-0.39, 0.29) is 18.0 Å². The van der Waals surface area contributed by atoms with Crippen LogP contribution in [-0.2, 0) is 14.3 Å². The molecule has 4 heteroatoms. The van der Waals surface area contributed by atoms with E-state index < -0.39 is 11.7 Å². The minimum Gasteiger partial charge on any atom is -0.458 e. The van der Waals surface area contributed by atoms with Gasteiger partial charge in [-0.15, -0.1) is 0 Å². The van der Waals surface area contributed by atoms with Crippen molar-refractivity contribution in [1.82, 2.24) is 0 Å². The van der Waals surface area contributed by atoms with Crippen LogP contribution in [0.2, 0.25) is 0 Å². The number of esters is 1. The van der Waals surface area contributed by atoms with E-state index >= 15 is 0 Å². The first kappa shape index (κ1) is 30.4. The maximum absolute atomic E-state index is 11.8. The van der Waals surface area contributed by atoms with Crippen LogP contribution in [0.15, 0.2) is 47.6 Å². The molecule has 1 aliphatic carbocycles. The van der Waals surface area contributed by atoms with Crippen LogP contribution in [-0.4, -0.2) is 36.0 Å². The third-order valence-electron chi connectivity index (χ3n) is 6.29. The Bertz CT molecular complexity index is 719. The molecule has 34 heavy (non-hydrogen) atoms. The largest absolute Gasteiger partial charge is 0.458 e. The molecule has 0 aromatic rings. The molecule has 0 aromatic heterocycles. The number of aliphatic hydroxyl groups excluding tert-OH is 1. The molecule has 0 unspecified atom stereocenters. The Morgan fingerprint density at radius 2 is 1.88 bits per heavy atom. The Hall–Kier alpha value is -1.65. The Kier molecular flexibility index (Phi) is 13.7. The van der Waals surface area contributed by atoms with E-state index in [1.54, 1.807) is 0 Å². The monoisotopic (exact) mass is 474 g/mol. The Balaban J connectivity index is 2.50. The summed E-state index contributed by atoms with van der Waals surface area (Å²) in [7, 11) is 0. The fourth-order valence-electron chi connectivity index (χ4n) is 4.26. The van der Waals surface area contributed by atoms with Gasteiger partial charge in [0.1, 0.15) is 12.2 Å². The maximum Gasteiger partial charge on any atom is 0.332 e. The fraction of sp³-hybridized carbons (Fsp3) is 0.700. The molecule has 0 radical (unpaired) electrons. The fourth-order valence-corrected chi connectivity index (χ4v) is 4.26. The molecule has 194 valence electrons. The SMILES string of the molecule is CC(C)=CCC[C@H](C)CC[C@H](O)/C=C/C=C/[C@]1(C)CCCCC1=CCOCC(=O)OC(C)(C)C. The number of carbonyl (C=O) groups excluding carboxylic acids is 1. The van der Waals surface area contributed by atoms with Crippen LogP contribution in [0.4, 0.5) is 0 Å². The standard InChI is InChI=1S/C30H50O4/c1-24(2)13-12-14-25(3)17-18-27(31)16-9-11-21-30(7)20-10-8-15-26(30)19-22-33-23-28(32)34-29(4,5)6/h9,11,13,16,19,21,25,27,31H,8,10,12,14-15,17-18,20,22-23H2,1-7H3/b16-9+,21-11+,26-19?/t25-,27+,30-/m0/s1. The lowest BCUT2D eigenvalue weighted by Crippen LogP contribution is -2.26. The number of allylic oxidation sites excluding steroid dienone is 6. The molecule has 0 amide bonds. The van der Waals surface area contributed by atoms with Crippen LogP contribution in [0, 0.1) is 11.3 Å². The Labute approximate surface area is 209 Å². The summed E-state index contributed by atoms with van der Waals surface area (Å²) in [4.78, 5) is 11.8. The normalized spacial score (nSPS) is 22.3. The van der Waals surface area contributed by atoms with Gasteiger partial charge < -0.3 is 14.6 Å². The van der Waals surface area contributed by atoms with Crippen molar-refractivity contribution in [1.29, 1.82) is 0 Å². The molecule has 1 saturated carbocycles. The molecule has 0 aromatic carbocycles. The molecule has 1 fully saturated rings. The highest BCUT2D eigenvalue weighted by molar-refractivity contribution is 5.71. The molecule has 1 rings (SSSR count). The highest BCUT2D eigenvalue weighted by Crippen LogP contribution is 2.41. The number of rotatable bonds is 13. The van der Waals surface area contributed by atoms with E-state index in [0.29, 0.717) is 12.5 Å². The average Bonchev–Trinajstić information content (AvgIpc) is 2.72. The number of hydrogen-bond donors (Lipinski definition) is 1. The molecule has 4 nitrogen and oxygen atoms in total. The molecule has 0 spiro atoms. The van der Waals surface area contributed by atoms with Gasteiger partial charge >= 0.3 is 5.97 Å². The number of ether oxygens (including phenoxy) is 2. The Morgan fingerprint density at radius 3 is 2.56 bits per heavy atom. The summed E-state index contributed by atoms with van der Waals surface area (Å²) in [6.45, 7) is 14.8. The van der Waals surface area contributed by atoms with E-state index in [2.05, 4.69) is 52.0 Å². The summed E-state index contributed by atoms with van der Waals surface area (Å²) in [6.07, 6.45) is 20.9. The first-order valence-corrected chi connectivity index (χ1v) is 13.1. The van der Waals surface area contributed by atoms with Gasteiger partial charge in [-0.05, 0) is 85.5 Å². The summed E-state index contributed by atoms with van der Waals surface area (Å²) in [5.74, 6) is 0.295. The molecule has 0 saturated heterocycles. The van der Waals surface area contributed by atoms with Crippen LogP contribution in [0.3, 0.4) is 0 Å². The zero-order valence-electron chi connectivity index (χ0n) is 22.9. The van der Waals surface area contributed by atoms with Gasteiger partial charge in [0.2, 0.25) is 0 Å². The third-order valence-corrected chi connectivity index (χ3v) is 6.29. The maximum atomic E-state index is 11.8. The predicted molar refractivity (Wildman–Crippen MR) is 143 cm³/mol. The van der Waals surface area contributed by atoms with Crippen molar-refractivity contribution in [2.24, 2.45) is 11.3 Å². The zero-order valence-corrected chi connectivity index (χ0v) is 22.9. The molecule has 3 atom stereocenters. The van der Waals surface area contributed by atoms with Crippen molar-refractivity contribution in [2.75, 3.05) is 13.2 Å². The Morgan fingerprint density at radius 1 is 1.15 bits per heavy atom. The smallest absolute Gasteiger partial charge is 0.332 e. The molecule has 1 N–H and O–H groups in total. The second-order valence-electron chi connectivity index (χ2n) is 11.3. The van der Waals surface area contributed by atoms with E-state index in [1.807, 2.05) is 32.9 Å². The van der Waals surface area contributed by atoms with Gasteiger partial charge in [-0.1, -0.05) is 67.9 Å². The summed E-state index contributed by atoms with van der Waals surface area (Å²) in [6, 6.07) is 0. The molecule has 0 aliphatic heterocycles. The summed E-state index contributed by atoms with van der Waals surface area (Å²) in [5.41, 5.74) is 2.23. The van der Waals surface area contributed by atoms with Crippen LogP contribution in [0.5, 0.6) is 0 Å². The lowest BCUT2D eigenvalue weighted by atomic mass is 9.71. The third kappa shape index (κ3) is 13.9. The van der Waals surface area contributed by atoms with Crippen molar-refractivity contribution in [2.45, 2.75) is 112 Å². The first-order chi connectivity index (χ1) is 15.9. The number of carbonyl (C=O) groups is 1. The van der Waals surface area contributed by atoms with Crippen molar-refractivity contribution < 1.29 is 19.4 Å². The molecule has 1 aliphatic rings. The van der Waals surface area contributed by atoms with Gasteiger partial charge in [-0.2, -0.15) is 0 Å². The molecule has 0 bridgehead atoms. The van der Waals surface area contributed by atoms with E-state index in [9.17, 15) is 9.90 Å². The van der Waals surface area contributed by atoms with E-state index in [1.165, 1.54) is 30.4 Å². The van der Waals surface area contributed by atoms with Gasteiger partial charge in [0.05, 0.1) is 12.7 Å². The first-order valence-electron chi connectivity index (χ1n) is 13.1. The van der Waals surface area contributed by atoms with Crippen LogP contribution < -0.4 is 0 Å². The second-order valence-corrected chi connectivity index (χ2v) is 11.3. The van der Waals surface area contributed by atoms with Crippen molar-refractivity contribution in [3.63, 3.8) is 0 Å². The number of hydrogen-bond acceptors (Lipinski definition) is 4. The van der Waals surface area contributed by atoms with Crippen LogP contribution >= 0.6 is 0 Å². The van der Waals surface area contributed by atoms with Crippen LogP contribution in [0.1, 0.15) is 99.8 Å². The second kappa shape index (κ2) is 15.4. The predicted octanol–water partition coefficient (Wildman–Crippen LogP) is 7.49. The average molecular weight is 475 g/mol. The lowest BCUT2D eigenvalue weighted by Gasteiger charge is -2.34. The van der Waals surface area contributed by atoms with Crippen molar-refractivity contribution >= 4 is 5.97 Å². The highest BCUT2D eigenvalue weighted by Gasteiger charge is 2.28. The van der Waals surface area contributed by atoms with Crippen molar-refractivity contribution in [3.8, 4) is 0 Å². The topological polar surface area (TPSA) is 55.8 Å².